The second-order valence-corrected chi connectivity index (χ2v) is 4.70. The number of halogens is 1. The molecule has 0 aliphatic rings. The Labute approximate surface area is 106 Å². The smallest absolute Gasteiger partial charge is 0.269 e. The Morgan fingerprint density at radius 2 is 2.06 bits per heavy atom. The second-order valence-electron chi connectivity index (χ2n) is 4.29. The lowest BCUT2D eigenvalue weighted by atomic mass is 10.1. The number of rotatable bonds is 5. The molecule has 0 aromatic heterocycles. The number of nitro benzene ring substituents is 1. The molecule has 1 atom stereocenters. The summed E-state index contributed by atoms with van der Waals surface area (Å²) < 4.78 is 5.60. The average molecular weight is 258 g/mol. The summed E-state index contributed by atoms with van der Waals surface area (Å²) in [5.41, 5.74) is 0.679. The zero-order valence-electron chi connectivity index (χ0n) is 10.1. The van der Waals surface area contributed by atoms with E-state index in [2.05, 4.69) is 13.8 Å². The Kier molecular flexibility index (Phi) is 4.90. The number of benzene rings is 1. The van der Waals surface area contributed by atoms with E-state index in [1.165, 1.54) is 18.2 Å². The van der Waals surface area contributed by atoms with Crippen LogP contribution in [0.3, 0.4) is 0 Å². The van der Waals surface area contributed by atoms with E-state index in [0.717, 1.165) is 0 Å². The Morgan fingerprint density at radius 3 is 2.59 bits per heavy atom. The minimum absolute atomic E-state index is 0.0326. The van der Waals surface area contributed by atoms with Crippen molar-refractivity contribution in [1.82, 2.24) is 0 Å². The van der Waals surface area contributed by atoms with E-state index >= 15 is 0 Å². The van der Waals surface area contributed by atoms with Gasteiger partial charge in [-0.2, -0.15) is 0 Å². The lowest BCUT2D eigenvalue weighted by molar-refractivity contribution is -0.385. The van der Waals surface area contributed by atoms with Crippen molar-refractivity contribution in [3.8, 4) is 0 Å². The molecule has 0 amide bonds. The van der Waals surface area contributed by atoms with Crippen molar-refractivity contribution in [3.05, 3.63) is 38.9 Å². The molecule has 0 saturated carbocycles. The van der Waals surface area contributed by atoms with E-state index in [9.17, 15) is 10.1 Å². The number of non-ortho nitro benzene ring substituents is 1. The van der Waals surface area contributed by atoms with Crippen LogP contribution in [-0.4, -0.2) is 11.0 Å². The van der Waals surface area contributed by atoms with Crippen molar-refractivity contribution < 1.29 is 9.66 Å². The molecule has 1 aromatic rings. The van der Waals surface area contributed by atoms with Gasteiger partial charge in [-0.1, -0.05) is 25.4 Å². The van der Waals surface area contributed by atoms with Crippen LogP contribution < -0.4 is 0 Å². The van der Waals surface area contributed by atoms with Crippen LogP contribution in [0.25, 0.3) is 0 Å². The van der Waals surface area contributed by atoms with E-state index in [1.54, 1.807) is 0 Å². The van der Waals surface area contributed by atoms with Crippen LogP contribution in [0.2, 0.25) is 5.02 Å². The Hall–Kier alpha value is -1.13. The second kappa shape index (κ2) is 5.98. The third-order valence-corrected chi connectivity index (χ3v) is 3.05. The predicted molar refractivity (Wildman–Crippen MR) is 67.2 cm³/mol. The van der Waals surface area contributed by atoms with Crippen LogP contribution in [0.5, 0.6) is 0 Å². The largest absolute Gasteiger partial charge is 0.374 e. The summed E-state index contributed by atoms with van der Waals surface area (Å²) in [5.74, 6) is 0.396. The molecule has 0 spiro atoms. The van der Waals surface area contributed by atoms with Crippen molar-refractivity contribution in [3.63, 3.8) is 0 Å². The van der Waals surface area contributed by atoms with Crippen LogP contribution in [0, 0.1) is 16.0 Å². The third-order valence-electron chi connectivity index (χ3n) is 2.68. The van der Waals surface area contributed by atoms with Gasteiger partial charge in [-0.3, -0.25) is 10.1 Å². The fourth-order valence-corrected chi connectivity index (χ4v) is 1.37. The first-order chi connectivity index (χ1) is 7.91. The Balaban J connectivity index is 2.76. The molecule has 0 bridgehead atoms. The van der Waals surface area contributed by atoms with Gasteiger partial charge in [-0.05, 0) is 18.9 Å². The molecule has 5 heteroatoms. The number of hydrogen-bond donors (Lipinski definition) is 0. The highest BCUT2D eigenvalue weighted by molar-refractivity contribution is 6.31. The van der Waals surface area contributed by atoms with Crippen molar-refractivity contribution in [2.45, 2.75) is 33.5 Å². The Bertz CT molecular complexity index is 407. The van der Waals surface area contributed by atoms with Gasteiger partial charge in [0.1, 0.15) is 0 Å². The normalized spacial score (nSPS) is 12.8. The van der Waals surface area contributed by atoms with Gasteiger partial charge in [0.05, 0.1) is 17.6 Å². The van der Waals surface area contributed by atoms with Crippen LogP contribution in [-0.2, 0) is 11.3 Å². The topological polar surface area (TPSA) is 52.4 Å². The molecule has 0 saturated heterocycles. The average Bonchev–Trinajstić information content (AvgIpc) is 2.26. The maximum absolute atomic E-state index is 10.6. The molecule has 1 rings (SSSR count). The highest BCUT2D eigenvalue weighted by Gasteiger charge is 2.12. The van der Waals surface area contributed by atoms with Gasteiger partial charge in [0.15, 0.2) is 0 Å². The first-order valence-electron chi connectivity index (χ1n) is 5.46. The van der Waals surface area contributed by atoms with E-state index in [-0.39, 0.29) is 11.8 Å². The van der Waals surface area contributed by atoms with E-state index in [4.69, 9.17) is 16.3 Å². The summed E-state index contributed by atoms with van der Waals surface area (Å²) in [4.78, 5) is 10.2. The van der Waals surface area contributed by atoms with Crippen LogP contribution in [0.15, 0.2) is 18.2 Å². The number of ether oxygens (including phenoxy) is 1. The minimum Gasteiger partial charge on any atom is -0.374 e. The van der Waals surface area contributed by atoms with E-state index in [1.807, 2.05) is 6.92 Å². The standard InChI is InChI=1S/C12H16ClNO3/c1-8(2)9(3)17-7-10-6-11(14(15)16)4-5-12(10)13/h4-6,8-9H,7H2,1-3H3. The predicted octanol–water partition coefficient (Wildman–Crippen LogP) is 3.81. The molecular weight excluding hydrogens is 242 g/mol. The minimum atomic E-state index is -0.439. The molecule has 94 valence electrons. The quantitative estimate of drug-likeness (QED) is 0.595. The van der Waals surface area contributed by atoms with Gasteiger partial charge < -0.3 is 4.74 Å². The van der Waals surface area contributed by atoms with Gasteiger partial charge in [-0.25, -0.2) is 0 Å². The summed E-state index contributed by atoms with van der Waals surface area (Å²) in [5, 5.41) is 11.1. The molecular formula is C12H16ClNO3. The highest BCUT2D eigenvalue weighted by atomic mass is 35.5. The summed E-state index contributed by atoms with van der Waals surface area (Å²) in [6.45, 7) is 6.37. The molecule has 0 heterocycles. The third kappa shape index (κ3) is 3.98. The number of nitro groups is 1. The van der Waals surface area contributed by atoms with Crippen LogP contribution in [0.1, 0.15) is 26.3 Å². The SMILES string of the molecule is CC(C)C(C)OCc1cc([N+](=O)[O-])ccc1Cl. The molecule has 0 N–H and O–H groups in total. The van der Waals surface area contributed by atoms with Crippen LogP contribution >= 0.6 is 11.6 Å². The Morgan fingerprint density at radius 1 is 1.41 bits per heavy atom. The van der Waals surface area contributed by atoms with Crippen LogP contribution in [0.4, 0.5) is 5.69 Å². The molecule has 0 radical (unpaired) electrons. The number of nitrogens with zero attached hydrogens (tertiary/aromatic N) is 1. The molecule has 4 nitrogen and oxygen atoms in total. The lowest BCUT2D eigenvalue weighted by Gasteiger charge is -2.16. The van der Waals surface area contributed by atoms with Gasteiger partial charge in [0, 0.05) is 22.7 Å². The summed E-state index contributed by atoms with van der Waals surface area (Å²) in [6.07, 6.45) is 0.0883. The zero-order valence-corrected chi connectivity index (χ0v) is 10.9. The molecule has 0 aliphatic heterocycles. The fraction of sp³-hybridized carbons (Fsp3) is 0.500. The van der Waals surface area contributed by atoms with Crippen molar-refractivity contribution in [2.75, 3.05) is 0 Å². The molecule has 1 aromatic carbocycles. The van der Waals surface area contributed by atoms with E-state index in [0.29, 0.717) is 23.1 Å². The molecule has 17 heavy (non-hydrogen) atoms. The monoisotopic (exact) mass is 257 g/mol. The maximum atomic E-state index is 10.6. The molecule has 0 aliphatic carbocycles. The summed E-state index contributed by atoms with van der Waals surface area (Å²) >= 11 is 5.96. The molecule has 1 unspecified atom stereocenters. The first-order valence-corrected chi connectivity index (χ1v) is 5.84. The first kappa shape index (κ1) is 13.9. The van der Waals surface area contributed by atoms with Crippen molar-refractivity contribution >= 4 is 17.3 Å². The zero-order chi connectivity index (χ0) is 13.0. The lowest BCUT2D eigenvalue weighted by Crippen LogP contribution is -2.15. The van der Waals surface area contributed by atoms with Crippen molar-refractivity contribution in [2.24, 2.45) is 5.92 Å². The summed E-state index contributed by atoms with van der Waals surface area (Å²) in [7, 11) is 0. The van der Waals surface area contributed by atoms with Gasteiger partial charge >= 0.3 is 0 Å². The number of hydrogen-bond acceptors (Lipinski definition) is 3. The van der Waals surface area contributed by atoms with Gasteiger partial charge in [0.2, 0.25) is 0 Å². The fourth-order valence-electron chi connectivity index (χ4n) is 1.20. The van der Waals surface area contributed by atoms with Gasteiger partial charge in [-0.15, -0.1) is 0 Å². The van der Waals surface area contributed by atoms with Gasteiger partial charge in [0.25, 0.3) is 5.69 Å². The molecule has 0 fully saturated rings. The highest BCUT2D eigenvalue weighted by Crippen LogP contribution is 2.23. The summed E-state index contributed by atoms with van der Waals surface area (Å²) in [6, 6.07) is 4.37. The maximum Gasteiger partial charge on any atom is 0.269 e. The van der Waals surface area contributed by atoms with E-state index < -0.39 is 4.92 Å². The van der Waals surface area contributed by atoms with Crippen molar-refractivity contribution in [1.29, 1.82) is 0 Å².